The molecule has 1 heterocycles. The molecule has 1 amide bonds. The van der Waals surface area contributed by atoms with Gasteiger partial charge in [0.1, 0.15) is 11.5 Å². The predicted molar refractivity (Wildman–Crippen MR) is 150 cm³/mol. The van der Waals surface area contributed by atoms with Gasteiger partial charge in [-0.05, 0) is 56.5 Å². The Morgan fingerprint density at radius 1 is 1.21 bits per heavy atom. The SMILES string of the molecule is CN(C)c1cc(CCC(=O)c2ccno2)c(O)c2c1C[C@H]1C[C@@H](C(CO)N(C)C)[C@@](O)(C(=O)CC(N)=O)C(=O)C1=C2O. The van der Waals surface area contributed by atoms with Crippen LogP contribution in [0.15, 0.2) is 28.4 Å². The zero-order chi connectivity index (χ0) is 31.1. The van der Waals surface area contributed by atoms with Gasteiger partial charge in [0.15, 0.2) is 11.4 Å². The summed E-state index contributed by atoms with van der Waals surface area (Å²) in [4.78, 5) is 54.8. The highest BCUT2D eigenvalue weighted by Gasteiger charge is 2.60. The molecule has 1 aromatic carbocycles. The van der Waals surface area contributed by atoms with Crippen molar-refractivity contribution < 1.29 is 44.1 Å². The third-order valence-corrected chi connectivity index (χ3v) is 8.37. The summed E-state index contributed by atoms with van der Waals surface area (Å²) in [6.07, 6.45) is 0.639. The van der Waals surface area contributed by atoms with Gasteiger partial charge >= 0.3 is 0 Å². The maximum Gasteiger partial charge on any atom is 0.225 e. The minimum absolute atomic E-state index is 0.00997. The first-order valence-corrected chi connectivity index (χ1v) is 13.5. The van der Waals surface area contributed by atoms with Crippen LogP contribution in [0, 0.1) is 11.8 Å². The van der Waals surface area contributed by atoms with E-state index in [2.05, 4.69) is 5.16 Å². The highest BCUT2D eigenvalue weighted by molar-refractivity contribution is 6.23. The molecule has 1 aromatic heterocycles. The van der Waals surface area contributed by atoms with Gasteiger partial charge in [0.2, 0.25) is 23.2 Å². The molecule has 6 N–H and O–H groups in total. The average molecular weight is 585 g/mol. The van der Waals surface area contributed by atoms with Gasteiger partial charge in [-0.25, -0.2) is 0 Å². The monoisotopic (exact) mass is 584 g/mol. The minimum Gasteiger partial charge on any atom is -0.507 e. The number of hydrogen-bond acceptors (Lipinski definition) is 12. The van der Waals surface area contributed by atoms with Crippen LogP contribution in [-0.2, 0) is 27.2 Å². The summed E-state index contributed by atoms with van der Waals surface area (Å²) in [5.74, 6) is -6.29. The molecule has 0 spiro atoms. The quantitative estimate of drug-likeness (QED) is 0.180. The number of anilines is 1. The molecule has 2 aliphatic carbocycles. The van der Waals surface area contributed by atoms with E-state index in [-0.39, 0.29) is 54.1 Å². The third-order valence-electron chi connectivity index (χ3n) is 8.37. The van der Waals surface area contributed by atoms with Gasteiger partial charge in [-0.2, -0.15) is 0 Å². The van der Waals surface area contributed by atoms with Gasteiger partial charge in [0.05, 0.1) is 24.8 Å². The number of aromatic hydroxyl groups is 1. The second kappa shape index (κ2) is 11.7. The number of nitrogens with two attached hydrogens (primary N) is 1. The first-order chi connectivity index (χ1) is 19.7. The van der Waals surface area contributed by atoms with E-state index < -0.39 is 59.7 Å². The van der Waals surface area contributed by atoms with Crippen LogP contribution in [0.3, 0.4) is 0 Å². The number of primary amides is 1. The number of aromatic nitrogens is 1. The Morgan fingerprint density at radius 2 is 1.90 bits per heavy atom. The zero-order valence-corrected chi connectivity index (χ0v) is 24.0. The van der Waals surface area contributed by atoms with Crippen molar-refractivity contribution in [3.05, 3.63) is 46.4 Å². The van der Waals surface area contributed by atoms with Crippen LogP contribution in [0.4, 0.5) is 5.69 Å². The molecule has 1 saturated carbocycles. The highest BCUT2D eigenvalue weighted by atomic mass is 16.5. The lowest BCUT2D eigenvalue weighted by atomic mass is 9.59. The number of Topliss-reactive ketones (excluding diaryl/α,β-unsaturated/α-hetero) is 3. The molecule has 4 atom stereocenters. The summed E-state index contributed by atoms with van der Waals surface area (Å²) in [6, 6.07) is 2.30. The average Bonchev–Trinajstić information content (AvgIpc) is 3.45. The van der Waals surface area contributed by atoms with Gasteiger partial charge in [-0.3, -0.25) is 19.2 Å². The van der Waals surface area contributed by atoms with E-state index in [0.29, 0.717) is 16.8 Å². The fourth-order valence-electron chi connectivity index (χ4n) is 6.27. The van der Waals surface area contributed by atoms with Crippen LogP contribution >= 0.6 is 0 Å². The molecule has 1 unspecified atom stereocenters. The van der Waals surface area contributed by atoms with E-state index in [1.807, 2.05) is 0 Å². The summed E-state index contributed by atoms with van der Waals surface area (Å²) in [7, 11) is 6.80. The molecule has 42 heavy (non-hydrogen) atoms. The molecule has 4 rings (SSSR count). The van der Waals surface area contributed by atoms with Crippen molar-refractivity contribution in [1.82, 2.24) is 10.1 Å². The fraction of sp³-hybridized carbons (Fsp3) is 0.483. The number of rotatable bonds is 11. The zero-order valence-electron chi connectivity index (χ0n) is 24.0. The Morgan fingerprint density at radius 3 is 2.45 bits per heavy atom. The Balaban J connectivity index is 1.85. The number of amides is 1. The van der Waals surface area contributed by atoms with Crippen molar-refractivity contribution in [1.29, 1.82) is 0 Å². The fourth-order valence-corrected chi connectivity index (χ4v) is 6.27. The number of aliphatic hydroxyl groups excluding tert-OH is 2. The Hall–Kier alpha value is -4.07. The lowest BCUT2D eigenvalue weighted by molar-refractivity contribution is -0.163. The number of benzene rings is 1. The van der Waals surface area contributed by atoms with E-state index in [4.69, 9.17) is 10.3 Å². The van der Waals surface area contributed by atoms with Crippen LogP contribution in [0.5, 0.6) is 5.75 Å². The number of phenolic OH excluding ortho intramolecular Hbond substituents is 1. The molecule has 2 aliphatic rings. The summed E-state index contributed by atoms with van der Waals surface area (Å²) in [5.41, 5.74) is 3.69. The summed E-state index contributed by atoms with van der Waals surface area (Å²) < 4.78 is 4.91. The summed E-state index contributed by atoms with van der Waals surface area (Å²) in [5, 5.41) is 48.4. The van der Waals surface area contributed by atoms with Crippen molar-refractivity contribution in [2.45, 2.75) is 43.7 Å². The first kappa shape index (κ1) is 30.9. The standard InChI is InChI=1S/C29H36N4O9/c1-32(2)18-11-14(5-6-20(35)21-7-8-31-42-21)26(38)25-16(18)9-15-10-17(19(13-34)33(3)4)29(41,22(36)12-23(30)37)28(40)24(15)27(25)39/h7-8,11,15,17,19,34,38-39,41H,5-6,9-10,12-13H2,1-4H3,(H2,30,37)/t15-,17-,19?,29+/m0/s1. The maximum absolute atomic E-state index is 14.0. The van der Waals surface area contributed by atoms with Crippen molar-refractivity contribution >= 4 is 34.7 Å². The summed E-state index contributed by atoms with van der Waals surface area (Å²) in [6.45, 7) is -0.495. The van der Waals surface area contributed by atoms with Crippen LogP contribution in [0.1, 0.15) is 46.5 Å². The van der Waals surface area contributed by atoms with Gasteiger partial charge in [-0.1, -0.05) is 5.16 Å². The van der Waals surface area contributed by atoms with Gasteiger partial charge < -0.3 is 40.5 Å². The molecule has 0 radical (unpaired) electrons. The van der Waals surface area contributed by atoms with Crippen molar-refractivity contribution in [3.8, 4) is 5.75 Å². The molecular weight excluding hydrogens is 548 g/mol. The molecule has 2 aromatic rings. The number of nitrogens with zero attached hydrogens (tertiary/aromatic N) is 3. The van der Waals surface area contributed by atoms with Gasteiger partial charge in [0.25, 0.3) is 0 Å². The van der Waals surface area contributed by atoms with E-state index in [0.717, 1.165) is 0 Å². The van der Waals surface area contributed by atoms with Crippen molar-refractivity contribution in [2.24, 2.45) is 17.6 Å². The van der Waals surface area contributed by atoms with E-state index in [1.54, 1.807) is 44.1 Å². The number of aryl methyl sites for hydroxylation is 1. The predicted octanol–water partition coefficient (Wildman–Crippen LogP) is 0.390. The van der Waals surface area contributed by atoms with Gasteiger partial charge in [-0.15, -0.1) is 0 Å². The topological polar surface area (TPSA) is 208 Å². The number of likely N-dealkylation sites (N-methyl/N-ethyl adjacent to an activating group) is 1. The Labute approximate surface area is 242 Å². The molecule has 0 aliphatic heterocycles. The Bertz CT molecular complexity index is 1450. The van der Waals surface area contributed by atoms with Crippen LogP contribution in [-0.4, -0.2) is 100 Å². The smallest absolute Gasteiger partial charge is 0.225 e. The third kappa shape index (κ3) is 5.19. The normalized spacial score (nSPS) is 22.5. The summed E-state index contributed by atoms with van der Waals surface area (Å²) >= 11 is 0. The number of hydrogen-bond donors (Lipinski definition) is 5. The van der Waals surface area contributed by atoms with E-state index in [9.17, 15) is 39.6 Å². The number of aliphatic hydroxyl groups is 3. The van der Waals surface area contributed by atoms with Gasteiger partial charge in [0, 0.05) is 49.8 Å². The molecule has 13 nitrogen and oxygen atoms in total. The molecule has 226 valence electrons. The minimum atomic E-state index is -2.76. The largest absolute Gasteiger partial charge is 0.507 e. The van der Waals surface area contributed by atoms with E-state index in [1.165, 1.54) is 12.3 Å². The van der Waals surface area contributed by atoms with Crippen molar-refractivity contribution in [3.63, 3.8) is 0 Å². The van der Waals surface area contributed by atoms with Crippen LogP contribution in [0.25, 0.3) is 5.76 Å². The second-order valence-electron chi connectivity index (χ2n) is 11.3. The molecular formula is C29H36N4O9. The number of fused-ring (bicyclic) bond motifs is 2. The number of carbonyl (C=O) groups excluding carboxylic acids is 4. The van der Waals surface area contributed by atoms with Crippen LogP contribution < -0.4 is 10.6 Å². The molecule has 1 fully saturated rings. The number of carbonyl (C=O) groups is 4. The van der Waals surface area contributed by atoms with Crippen LogP contribution in [0.2, 0.25) is 0 Å². The lowest BCUT2D eigenvalue weighted by Gasteiger charge is -2.47. The lowest BCUT2D eigenvalue weighted by Crippen LogP contribution is -2.64. The number of ketones is 3. The molecule has 13 heteroatoms. The number of phenols is 1. The maximum atomic E-state index is 14.0. The molecule has 0 bridgehead atoms. The second-order valence-corrected chi connectivity index (χ2v) is 11.3. The highest BCUT2D eigenvalue weighted by Crippen LogP contribution is 2.51. The molecule has 0 saturated heterocycles. The Kier molecular flexibility index (Phi) is 8.58. The van der Waals surface area contributed by atoms with Crippen molar-refractivity contribution in [2.75, 3.05) is 39.7 Å². The first-order valence-electron chi connectivity index (χ1n) is 13.5. The van der Waals surface area contributed by atoms with E-state index >= 15 is 0 Å².